The number of carbonyl (C=O) groups excluding carboxylic acids is 2. The Morgan fingerprint density at radius 1 is 0.943 bits per heavy atom. The molecule has 2 aliphatic rings. The fraction of sp³-hybridized carbons (Fsp3) is 0.357. The Kier molecular flexibility index (Phi) is 6.49. The Bertz CT molecular complexity index is 1240. The van der Waals surface area contributed by atoms with Crippen molar-refractivity contribution >= 4 is 11.9 Å². The summed E-state index contributed by atoms with van der Waals surface area (Å²) in [6, 6.07) is 19.6. The van der Waals surface area contributed by atoms with Crippen molar-refractivity contribution in [1.29, 1.82) is 0 Å². The Morgan fingerprint density at radius 3 is 2.14 bits per heavy atom. The summed E-state index contributed by atoms with van der Waals surface area (Å²) in [6.07, 6.45) is 1.90. The molecule has 180 valence electrons. The van der Waals surface area contributed by atoms with Crippen LogP contribution in [-0.2, 0) is 22.5 Å². The summed E-state index contributed by atoms with van der Waals surface area (Å²) in [5.41, 5.74) is 3.24. The van der Waals surface area contributed by atoms with E-state index < -0.39 is 6.09 Å². The number of nitrogens with zero attached hydrogens (tertiary/aromatic N) is 3. The maximum atomic E-state index is 13.8. The maximum Gasteiger partial charge on any atom is 0.410 e. The molecule has 0 radical (unpaired) electrons. The van der Waals surface area contributed by atoms with Crippen LogP contribution in [0.4, 0.5) is 4.79 Å². The minimum Gasteiger partial charge on any atom is -0.446 e. The van der Waals surface area contributed by atoms with Crippen molar-refractivity contribution in [2.24, 2.45) is 0 Å². The minimum absolute atomic E-state index is 0.0657. The highest BCUT2D eigenvalue weighted by Crippen LogP contribution is 2.28. The quantitative estimate of drug-likeness (QED) is 0.570. The lowest BCUT2D eigenvalue weighted by Crippen LogP contribution is -2.43. The zero-order chi connectivity index (χ0) is 24.4. The molecule has 35 heavy (non-hydrogen) atoms. The van der Waals surface area contributed by atoms with Crippen LogP contribution in [0, 0.1) is 6.92 Å². The van der Waals surface area contributed by atoms with E-state index in [1.807, 2.05) is 67.6 Å². The van der Waals surface area contributed by atoms with E-state index >= 15 is 0 Å². The van der Waals surface area contributed by atoms with Gasteiger partial charge >= 0.3 is 6.09 Å². The number of ether oxygens (including phenoxy) is 1. The zero-order valence-corrected chi connectivity index (χ0v) is 19.9. The van der Waals surface area contributed by atoms with Crippen molar-refractivity contribution in [3.63, 3.8) is 0 Å². The van der Waals surface area contributed by atoms with Crippen molar-refractivity contribution in [1.82, 2.24) is 14.5 Å². The molecule has 3 aromatic rings. The molecule has 0 N–H and O–H groups in total. The third-order valence-corrected chi connectivity index (χ3v) is 6.95. The largest absolute Gasteiger partial charge is 0.446 e. The number of amides is 1. The van der Waals surface area contributed by atoms with Gasteiger partial charge in [-0.2, -0.15) is 0 Å². The number of carbonyl (C=O) groups is 2. The minimum atomic E-state index is -0.398. The molecular weight excluding hydrogens is 442 g/mol. The molecule has 2 heterocycles. The molecular formula is C28H29N3O4. The summed E-state index contributed by atoms with van der Waals surface area (Å²) in [5, 5.41) is 0. The molecule has 7 heteroatoms. The van der Waals surface area contributed by atoms with Gasteiger partial charge in [-0.3, -0.25) is 14.2 Å². The molecule has 1 fully saturated rings. The lowest BCUT2D eigenvalue weighted by molar-refractivity contribution is -0.122. The van der Waals surface area contributed by atoms with Gasteiger partial charge in [0.1, 0.15) is 17.7 Å². The molecule has 0 spiro atoms. The van der Waals surface area contributed by atoms with Crippen LogP contribution in [0.2, 0.25) is 0 Å². The maximum absolute atomic E-state index is 13.8. The van der Waals surface area contributed by atoms with Crippen molar-refractivity contribution in [3.05, 3.63) is 99.2 Å². The Morgan fingerprint density at radius 2 is 1.54 bits per heavy atom. The molecule has 7 nitrogen and oxygen atoms in total. The number of ketones is 1. The molecule has 5 rings (SSSR count). The predicted molar refractivity (Wildman–Crippen MR) is 131 cm³/mol. The first-order valence-corrected chi connectivity index (χ1v) is 12.2. The Labute approximate surface area is 204 Å². The van der Waals surface area contributed by atoms with Gasteiger partial charge in [-0.15, -0.1) is 0 Å². The average molecular weight is 472 g/mol. The summed E-state index contributed by atoms with van der Waals surface area (Å²) in [7, 11) is 0. The van der Waals surface area contributed by atoms with Gasteiger partial charge in [-0.05, 0) is 37.3 Å². The highest BCUT2D eigenvalue weighted by atomic mass is 16.6. The predicted octanol–water partition coefficient (Wildman–Crippen LogP) is 4.20. The van der Waals surface area contributed by atoms with E-state index in [4.69, 9.17) is 9.72 Å². The number of benzene rings is 2. The third kappa shape index (κ3) is 4.76. The number of hydrogen-bond donors (Lipinski definition) is 0. The summed E-state index contributed by atoms with van der Waals surface area (Å²) < 4.78 is 7.43. The SMILES string of the molecule is Cc1nc2c(c(=O)n1C(c1ccccc1)c1ccccc1)CCN(C(=O)OC1CCC(=O)CC1)C2. The van der Waals surface area contributed by atoms with E-state index in [1.165, 1.54) is 0 Å². The Hall–Kier alpha value is -3.74. The van der Waals surface area contributed by atoms with Crippen molar-refractivity contribution in [3.8, 4) is 0 Å². The van der Waals surface area contributed by atoms with Gasteiger partial charge in [0, 0.05) is 24.9 Å². The van der Waals surface area contributed by atoms with Crippen molar-refractivity contribution in [2.45, 2.75) is 57.7 Å². The molecule has 0 unspecified atom stereocenters. The molecule has 0 saturated heterocycles. The van der Waals surface area contributed by atoms with Gasteiger partial charge in [-0.1, -0.05) is 60.7 Å². The number of hydrogen-bond acceptors (Lipinski definition) is 5. The summed E-state index contributed by atoms with van der Waals surface area (Å²) >= 11 is 0. The average Bonchev–Trinajstić information content (AvgIpc) is 2.88. The molecule has 0 bridgehead atoms. The van der Waals surface area contributed by atoms with E-state index in [-0.39, 0.29) is 30.0 Å². The lowest BCUT2D eigenvalue weighted by atomic mass is 9.96. The third-order valence-electron chi connectivity index (χ3n) is 6.95. The number of rotatable bonds is 4. The van der Waals surface area contributed by atoms with Gasteiger partial charge in [0.15, 0.2) is 0 Å². The topological polar surface area (TPSA) is 81.5 Å². The molecule has 1 amide bonds. The smallest absolute Gasteiger partial charge is 0.410 e. The standard InChI is InChI=1S/C28H29N3O4/c1-19-29-25-18-30(28(34)35-23-14-12-22(32)13-15-23)17-16-24(25)27(33)31(19)26(20-8-4-2-5-9-20)21-10-6-3-7-11-21/h2-11,23,26H,12-18H2,1H3. The molecule has 1 saturated carbocycles. The second-order valence-electron chi connectivity index (χ2n) is 9.28. The van der Waals surface area contributed by atoms with Crippen LogP contribution in [0.15, 0.2) is 65.5 Å². The second-order valence-corrected chi connectivity index (χ2v) is 9.28. The van der Waals surface area contributed by atoms with Crippen LogP contribution in [0.1, 0.15) is 59.9 Å². The fourth-order valence-electron chi connectivity index (χ4n) is 5.09. The summed E-state index contributed by atoms with van der Waals surface area (Å²) in [4.78, 5) is 44.5. The number of aryl methyl sites for hydroxylation is 1. The van der Waals surface area contributed by atoms with Gasteiger partial charge < -0.3 is 9.64 Å². The number of aromatic nitrogens is 2. The molecule has 1 aliphatic carbocycles. The summed E-state index contributed by atoms with van der Waals surface area (Å²) in [5.74, 6) is 0.830. The van der Waals surface area contributed by atoms with Crippen LogP contribution >= 0.6 is 0 Å². The van der Waals surface area contributed by atoms with E-state index in [1.54, 1.807) is 9.47 Å². The van der Waals surface area contributed by atoms with Crippen molar-refractivity contribution < 1.29 is 14.3 Å². The van der Waals surface area contributed by atoms with Gasteiger partial charge in [0.25, 0.3) is 5.56 Å². The first kappa shape index (κ1) is 23.0. The first-order valence-electron chi connectivity index (χ1n) is 12.2. The van der Waals surface area contributed by atoms with Crippen LogP contribution < -0.4 is 5.56 Å². The van der Waals surface area contributed by atoms with Gasteiger partial charge in [0.2, 0.25) is 0 Å². The van der Waals surface area contributed by atoms with E-state index in [0.29, 0.717) is 55.7 Å². The highest BCUT2D eigenvalue weighted by molar-refractivity contribution is 5.79. The van der Waals surface area contributed by atoms with Crippen LogP contribution in [0.25, 0.3) is 0 Å². The van der Waals surface area contributed by atoms with Crippen molar-refractivity contribution in [2.75, 3.05) is 6.54 Å². The fourth-order valence-corrected chi connectivity index (χ4v) is 5.09. The monoisotopic (exact) mass is 471 g/mol. The van der Waals surface area contributed by atoms with Crippen LogP contribution in [0.5, 0.6) is 0 Å². The van der Waals surface area contributed by atoms with Crippen LogP contribution in [-0.4, -0.2) is 39.0 Å². The lowest BCUT2D eigenvalue weighted by Gasteiger charge is -2.31. The second kappa shape index (κ2) is 9.86. The molecule has 1 aliphatic heterocycles. The summed E-state index contributed by atoms with van der Waals surface area (Å²) in [6.45, 7) is 2.49. The normalized spacial score (nSPS) is 16.3. The number of Topliss-reactive ketones (excluding diaryl/α,β-unsaturated/α-hetero) is 1. The Balaban J connectivity index is 1.44. The van der Waals surface area contributed by atoms with Crippen LogP contribution in [0.3, 0.4) is 0 Å². The van der Waals surface area contributed by atoms with E-state index in [0.717, 1.165) is 11.1 Å². The zero-order valence-electron chi connectivity index (χ0n) is 19.9. The molecule has 1 aromatic heterocycles. The molecule has 0 atom stereocenters. The molecule has 2 aromatic carbocycles. The first-order chi connectivity index (χ1) is 17.0. The number of fused-ring (bicyclic) bond motifs is 1. The van der Waals surface area contributed by atoms with E-state index in [9.17, 15) is 14.4 Å². The van der Waals surface area contributed by atoms with E-state index in [2.05, 4.69) is 0 Å². The van der Waals surface area contributed by atoms with Gasteiger partial charge in [0.05, 0.1) is 18.3 Å². The van der Waals surface area contributed by atoms with Gasteiger partial charge in [-0.25, -0.2) is 9.78 Å². The highest BCUT2D eigenvalue weighted by Gasteiger charge is 2.30.